The van der Waals surface area contributed by atoms with Crippen molar-refractivity contribution < 1.29 is 22.7 Å². The molecule has 0 heterocycles. The van der Waals surface area contributed by atoms with Crippen LogP contribution in [0.3, 0.4) is 0 Å². The highest BCUT2D eigenvalue weighted by Crippen LogP contribution is 2.15. The van der Waals surface area contributed by atoms with E-state index in [0.29, 0.717) is 0 Å². The number of hydrogen-bond donors (Lipinski definition) is 0. The van der Waals surface area contributed by atoms with E-state index in [1.807, 2.05) is 0 Å². The minimum Gasteiger partial charge on any atom is -0.550 e. The predicted octanol–water partition coefficient (Wildman–Crippen LogP) is -0.261. The lowest BCUT2D eigenvalue weighted by Gasteiger charge is -2.05. The Morgan fingerprint density at radius 1 is 1.33 bits per heavy atom. The maximum Gasteiger partial charge on any atom is 0.181 e. The predicted molar refractivity (Wildman–Crippen MR) is 48.1 cm³/mol. The van der Waals surface area contributed by atoms with Crippen molar-refractivity contribution in [3.05, 3.63) is 30.1 Å². The third kappa shape index (κ3) is 3.02. The van der Waals surface area contributed by atoms with Crippen LogP contribution in [0.15, 0.2) is 29.2 Å². The van der Waals surface area contributed by atoms with E-state index in [0.717, 1.165) is 12.1 Å². The molecule has 15 heavy (non-hydrogen) atoms. The van der Waals surface area contributed by atoms with Gasteiger partial charge in [0.2, 0.25) is 0 Å². The van der Waals surface area contributed by atoms with Crippen molar-refractivity contribution in [1.29, 1.82) is 0 Å². The zero-order valence-corrected chi connectivity index (χ0v) is 8.46. The summed E-state index contributed by atoms with van der Waals surface area (Å²) in [7, 11) is -3.88. The van der Waals surface area contributed by atoms with Crippen LogP contribution in [0.4, 0.5) is 4.39 Å². The molecule has 0 saturated carbocycles. The molecule has 82 valence electrons. The molecule has 4 nitrogen and oxygen atoms in total. The van der Waals surface area contributed by atoms with Crippen molar-refractivity contribution in [3.63, 3.8) is 0 Å². The molecule has 0 bridgehead atoms. The van der Waals surface area contributed by atoms with Gasteiger partial charge in [-0.15, -0.1) is 0 Å². The van der Waals surface area contributed by atoms with Gasteiger partial charge in [0.1, 0.15) is 10.7 Å². The second kappa shape index (κ2) is 4.39. The number of benzene rings is 1. The number of sulfone groups is 1. The van der Waals surface area contributed by atoms with E-state index < -0.39 is 38.7 Å². The highest BCUT2D eigenvalue weighted by molar-refractivity contribution is 7.91. The zero-order chi connectivity index (χ0) is 11.5. The minimum absolute atomic E-state index is 0.480. The van der Waals surface area contributed by atoms with E-state index in [1.54, 1.807) is 0 Å². The van der Waals surface area contributed by atoms with Crippen LogP contribution >= 0.6 is 0 Å². The van der Waals surface area contributed by atoms with Gasteiger partial charge in [-0.05, 0) is 12.1 Å². The summed E-state index contributed by atoms with van der Waals surface area (Å²) in [5.74, 6) is -3.01. The molecule has 0 aliphatic heterocycles. The van der Waals surface area contributed by atoms with Crippen molar-refractivity contribution in [1.82, 2.24) is 0 Å². The fourth-order valence-electron chi connectivity index (χ4n) is 1.02. The Kier molecular flexibility index (Phi) is 3.41. The Hall–Kier alpha value is -1.43. The Balaban J connectivity index is 2.97. The van der Waals surface area contributed by atoms with E-state index in [4.69, 9.17) is 0 Å². The number of carboxylic acid groups (broad SMARTS) is 1. The fourth-order valence-corrected chi connectivity index (χ4v) is 2.33. The van der Waals surface area contributed by atoms with E-state index in [9.17, 15) is 22.7 Å². The topological polar surface area (TPSA) is 74.3 Å². The first-order valence-corrected chi connectivity index (χ1v) is 5.76. The molecule has 0 spiro atoms. The lowest BCUT2D eigenvalue weighted by Crippen LogP contribution is -2.25. The van der Waals surface area contributed by atoms with Crippen LogP contribution < -0.4 is 5.11 Å². The van der Waals surface area contributed by atoms with E-state index in [2.05, 4.69) is 0 Å². The van der Waals surface area contributed by atoms with Crippen LogP contribution in [-0.2, 0) is 14.6 Å². The van der Waals surface area contributed by atoms with E-state index in [1.165, 1.54) is 12.1 Å². The fraction of sp³-hybridized carbons (Fsp3) is 0.222. The average molecular weight is 231 g/mol. The molecule has 0 saturated heterocycles. The molecular formula is C9H8FO4S-. The second-order valence-corrected chi connectivity index (χ2v) is 4.95. The molecule has 0 fully saturated rings. The van der Waals surface area contributed by atoms with Gasteiger partial charge >= 0.3 is 0 Å². The van der Waals surface area contributed by atoms with Crippen molar-refractivity contribution in [2.24, 2.45) is 0 Å². The van der Waals surface area contributed by atoms with Crippen molar-refractivity contribution >= 4 is 15.8 Å². The van der Waals surface area contributed by atoms with Gasteiger partial charge in [-0.1, -0.05) is 12.1 Å². The van der Waals surface area contributed by atoms with Crippen LogP contribution in [0, 0.1) is 5.82 Å². The summed E-state index contributed by atoms with van der Waals surface area (Å²) in [5.41, 5.74) is 0. The molecule has 1 aromatic rings. The molecule has 0 amide bonds. The van der Waals surface area contributed by atoms with E-state index >= 15 is 0 Å². The van der Waals surface area contributed by atoms with Crippen LogP contribution in [0.2, 0.25) is 0 Å². The molecule has 0 aromatic heterocycles. The summed E-state index contributed by atoms with van der Waals surface area (Å²) in [6.45, 7) is 0. The molecule has 6 heteroatoms. The highest BCUT2D eigenvalue weighted by atomic mass is 32.2. The first-order valence-electron chi connectivity index (χ1n) is 4.10. The SMILES string of the molecule is O=C([O-])CCS(=O)(=O)c1ccccc1F. The average Bonchev–Trinajstić information content (AvgIpc) is 2.15. The standard InChI is InChI=1S/C9H9FO4S/c10-7-3-1-2-4-8(7)15(13,14)6-5-9(11)12/h1-4H,5-6H2,(H,11,12)/p-1. The third-order valence-corrected chi connectivity index (χ3v) is 3.49. The van der Waals surface area contributed by atoms with Crippen LogP contribution in [0.1, 0.15) is 6.42 Å². The smallest absolute Gasteiger partial charge is 0.181 e. The second-order valence-electron chi connectivity index (χ2n) is 2.87. The molecular weight excluding hydrogens is 223 g/mol. The zero-order valence-electron chi connectivity index (χ0n) is 7.64. The molecule has 1 rings (SSSR count). The van der Waals surface area contributed by atoms with Crippen LogP contribution in [0.25, 0.3) is 0 Å². The number of aliphatic carboxylic acids is 1. The number of hydrogen-bond acceptors (Lipinski definition) is 4. The summed E-state index contributed by atoms with van der Waals surface area (Å²) in [6, 6.07) is 4.83. The summed E-state index contributed by atoms with van der Waals surface area (Å²) < 4.78 is 35.9. The Bertz CT molecular complexity index is 467. The van der Waals surface area contributed by atoms with Crippen LogP contribution in [-0.4, -0.2) is 20.1 Å². The van der Waals surface area contributed by atoms with Gasteiger partial charge in [0, 0.05) is 12.4 Å². The van der Waals surface area contributed by atoms with Gasteiger partial charge in [0.25, 0.3) is 0 Å². The number of carbonyl (C=O) groups is 1. The van der Waals surface area contributed by atoms with Gasteiger partial charge in [0.05, 0.1) is 5.75 Å². The maximum atomic E-state index is 13.1. The monoisotopic (exact) mass is 231 g/mol. The first-order chi connectivity index (χ1) is 6.93. The molecule has 0 N–H and O–H groups in total. The van der Waals surface area contributed by atoms with Gasteiger partial charge < -0.3 is 9.90 Å². The van der Waals surface area contributed by atoms with Gasteiger partial charge in [-0.25, -0.2) is 12.8 Å². The summed E-state index contributed by atoms with van der Waals surface area (Å²) in [4.78, 5) is 9.61. The molecule has 0 atom stereocenters. The minimum atomic E-state index is -3.88. The molecule has 0 aliphatic carbocycles. The number of rotatable bonds is 4. The normalized spacial score (nSPS) is 11.3. The molecule has 0 aliphatic rings. The summed E-state index contributed by atoms with van der Waals surface area (Å²) in [5, 5.41) is 10.1. The first kappa shape index (κ1) is 11.6. The van der Waals surface area contributed by atoms with Gasteiger partial charge in [-0.3, -0.25) is 0 Å². The van der Waals surface area contributed by atoms with Crippen molar-refractivity contribution in [2.75, 3.05) is 5.75 Å². The highest BCUT2D eigenvalue weighted by Gasteiger charge is 2.17. The Morgan fingerprint density at radius 2 is 1.93 bits per heavy atom. The van der Waals surface area contributed by atoms with Gasteiger partial charge in [-0.2, -0.15) is 0 Å². The van der Waals surface area contributed by atoms with E-state index in [-0.39, 0.29) is 0 Å². The quantitative estimate of drug-likeness (QED) is 0.715. The Labute approximate surface area is 86.3 Å². The van der Waals surface area contributed by atoms with Crippen molar-refractivity contribution in [2.45, 2.75) is 11.3 Å². The Morgan fingerprint density at radius 3 is 2.47 bits per heavy atom. The lowest BCUT2D eigenvalue weighted by atomic mass is 10.3. The summed E-state index contributed by atoms with van der Waals surface area (Å²) in [6.07, 6.45) is -0.642. The largest absolute Gasteiger partial charge is 0.550 e. The molecule has 1 aromatic carbocycles. The van der Waals surface area contributed by atoms with Crippen LogP contribution in [0.5, 0.6) is 0 Å². The molecule has 0 unspecified atom stereocenters. The number of carboxylic acids is 1. The number of carbonyl (C=O) groups excluding carboxylic acids is 1. The van der Waals surface area contributed by atoms with Crippen molar-refractivity contribution in [3.8, 4) is 0 Å². The van der Waals surface area contributed by atoms with Gasteiger partial charge in [0.15, 0.2) is 9.84 Å². The third-order valence-electron chi connectivity index (χ3n) is 1.75. The summed E-state index contributed by atoms with van der Waals surface area (Å²) >= 11 is 0. The lowest BCUT2D eigenvalue weighted by molar-refractivity contribution is -0.305. The molecule has 0 radical (unpaired) electrons. The maximum absolute atomic E-state index is 13.1. The number of halogens is 1.